The first-order valence-electron chi connectivity index (χ1n) is 8.91. The van der Waals surface area contributed by atoms with Gasteiger partial charge in [0.1, 0.15) is 18.0 Å². The van der Waals surface area contributed by atoms with Gasteiger partial charge < -0.3 is 9.47 Å². The second-order valence-electron chi connectivity index (χ2n) is 9.19. The number of ketones is 1. The van der Waals surface area contributed by atoms with Crippen molar-refractivity contribution in [1.29, 1.82) is 0 Å². The number of fused-ring (bicyclic) bond motifs is 6. The number of allylic oxidation sites excluding steroid dienone is 1. The molecule has 122 valence electrons. The van der Waals surface area contributed by atoms with Crippen LogP contribution in [-0.4, -0.2) is 29.6 Å². The quantitative estimate of drug-likeness (QED) is 0.508. The Bertz CT molecular complexity index is 740. The predicted octanol–water partition coefficient (Wildman–Crippen LogP) is 2.12. The summed E-state index contributed by atoms with van der Waals surface area (Å²) in [6.45, 7) is 8.42. The number of esters is 1. The van der Waals surface area contributed by atoms with Crippen molar-refractivity contribution in [3.63, 3.8) is 0 Å². The Labute approximate surface area is 135 Å². The van der Waals surface area contributed by atoms with E-state index < -0.39 is 11.0 Å². The molecule has 0 radical (unpaired) electrons. The van der Waals surface area contributed by atoms with Gasteiger partial charge in [0.05, 0.1) is 16.6 Å². The van der Waals surface area contributed by atoms with Crippen LogP contribution in [0.4, 0.5) is 0 Å². The average Bonchev–Trinajstić information content (AvgIpc) is 2.87. The molecule has 0 amide bonds. The van der Waals surface area contributed by atoms with E-state index in [0.29, 0.717) is 29.1 Å². The first-order chi connectivity index (χ1) is 10.8. The highest BCUT2D eigenvalue weighted by Gasteiger charge is 2.93. The molecular weight excluding hydrogens is 292 g/mol. The summed E-state index contributed by atoms with van der Waals surface area (Å²) in [5, 5.41) is 0. The lowest BCUT2D eigenvalue weighted by Crippen LogP contribution is -2.58. The molecule has 4 saturated carbocycles. The molecule has 6 aliphatic rings. The van der Waals surface area contributed by atoms with Crippen molar-refractivity contribution in [2.45, 2.75) is 51.9 Å². The number of rotatable bonds is 0. The van der Waals surface area contributed by atoms with Crippen molar-refractivity contribution in [3.8, 4) is 0 Å². The Morgan fingerprint density at radius 3 is 2.57 bits per heavy atom. The molecule has 6 unspecified atom stereocenters. The second kappa shape index (κ2) is 3.17. The summed E-state index contributed by atoms with van der Waals surface area (Å²) in [6, 6.07) is 0. The zero-order valence-corrected chi connectivity index (χ0v) is 14.0. The Morgan fingerprint density at radius 2 is 1.87 bits per heavy atom. The van der Waals surface area contributed by atoms with Gasteiger partial charge in [0.15, 0.2) is 0 Å². The molecule has 4 aliphatic carbocycles. The van der Waals surface area contributed by atoms with Gasteiger partial charge in [0, 0.05) is 11.8 Å². The largest absolute Gasteiger partial charge is 0.455 e. The topological polar surface area (TPSA) is 52.6 Å². The maximum absolute atomic E-state index is 13.3. The summed E-state index contributed by atoms with van der Waals surface area (Å²) < 4.78 is 12.3. The predicted molar refractivity (Wildman–Crippen MR) is 80.2 cm³/mol. The number of ether oxygens (including phenoxy) is 2. The molecule has 0 aromatic rings. The van der Waals surface area contributed by atoms with Crippen LogP contribution in [0, 0.1) is 40.4 Å². The molecule has 0 N–H and O–H groups in total. The van der Waals surface area contributed by atoms with Crippen LogP contribution >= 0.6 is 0 Å². The van der Waals surface area contributed by atoms with Gasteiger partial charge in [0.25, 0.3) is 0 Å². The van der Waals surface area contributed by atoms with E-state index in [1.54, 1.807) is 0 Å². The van der Waals surface area contributed by atoms with Gasteiger partial charge in [-0.1, -0.05) is 13.0 Å². The average molecular weight is 314 g/mol. The summed E-state index contributed by atoms with van der Waals surface area (Å²) in [5.41, 5.74) is -0.332. The highest BCUT2D eigenvalue weighted by molar-refractivity contribution is 5.97. The van der Waals surface area contributed by atoms with E-state index in [4.69, 9.17) is 9.47 Å². The van der Waals surface area contributed by atoms with Crippen molar-refractivity contribution in [3.05, 3.63) is 11.6 Å². The molecule has 2 saturated heterocycles. The lowest BCUT2D eigenvalue weighted by Gasteiger charge is -2.47. The van der Waals surface area contributed by atoms with Gasteiger partial charge in [-0.2, -0.15) is 0 Å². The molecule has 4 bridgehead atoms. The number of Topliss-reactive ketones (excluding diaryl/α,β-unsaturated/α-hetero) is 1. The first-order valence-corrected chi connectivity index (χ1v) is 8.91. The third kappa shape index (κ3) is 0.937. The van der Waals surface area contributed by atoms with Crippen LogP contribution in [-0.2, 0) is 19.1 Å². The van der Waals surface area contributed by atoms with E-state index in [9.17, 15) is 9.59 Å². The molecule has 10 atom stereocenters. The van der Waals surface area contributed by atoms with E-state index in [1.165, 1.54) is 6.42 Å². The van der Waals surface area contributed by atoms with Crippen molar-refractivity contribution in [1.82, 2.24) is 0 Å². The van der Waals surface area contributed by atoms with E-state index in [1.807, 2.05) is 13.0 Å². The number of carbonyl (C=O) groups is 2. The SMILES string of the molecule is C/C=C1/C(=O)O[C@H]2[C@@H]3C4(C)C5C(=O)C(C)(C4C4CC45)[C@]3(C)O[C@@H]12. The molecule has 4 heteroatoms. The van der Waals surface area contributed by atoms with Crippen LogP contribution in [0.1, 0.15) is 34.1 Å². The van der Waals surface area contributed by atoms with Crippen molar-refractivity contribution >= 4 is 11.8 Å². The lowest BCUT2D eigenvalue weighted by molar-refractivity contribution is -0.166. The third-order valence-electron chi connectivity index (χ3n) is 8.89. The molecule has 0 aromatic heterocycles. The molecular formula is C19H22O4. The Kier molecular flexibility index (Phi) is 1.82. The van der Waals surface area contributed by atoms with Gasteiger partial charge >= 0.3 is 5.97 Å². The van der Waals surface area contributed by atoms with Crippen LogP contribution in [0.5, 0.6) is 0 Å². The monoisotopic (exact) mass is 314 g/mol. The van der Waals surface area contributed by atoms with Gasteiger partial charge in [-0.25, -0.2) is 4.79 Å². The molecule has 23 heavy (non-hydrogen) atoms. The van der Waals surface area contributed by atoms with Crippen LogP contribution in [0.15, 0.2) is 11.6 Å². The molecule has 2 aliphatic heterocycles. The standard InChI is InChI=1S/C19H22O4/c1-5-7-11-12(22-16(7)21)14-17(2)10-8-6-9(8)13(17)18(3,15(10)20)19(14,4)23-11/h5,8-14H,6H2,1-4H3/b7-5+/t8?,9?,10?,11-,12+,13?,14+,17?,18?,19+/m0/s1. The molecule has 2 heterocycles. The van der Waals surface area contributed by atoms with E-state index in [-0.39, 0.29) is 35.4 Å². The van der Waals surface area contributed by atoms with E-state index in [0.717, 1.165) is 0 Å². The summed E-state index contributed by atoms with van der Waals surface area (Å²) in [6.07, 6.45) is 2.53. The maximum atomic E-state index is 13.3. The normalized spacial score (nSPS) is 68.3. The van der Waals surface area contributed by atoms with Crippen LogP contribution in [0.2, 0.25) is 0 Å². The Hall–Kier alpha value is -1.16. The Balaban J connectivity index is 1.58. The molecule has 6 fully saturated rings. The minimum Gasteiger partial charge on any atom is -0.455 e. The fourth-order valence-corrected chi connectivity index (χ4v) is 8.31. The Morgan fingerprint density at radius 1 is 1.13 bits per heavy atom. The second-order valence-corrected chi connectivity index (χ2v) is 9.19. The zero-order chi connectivity index (χ0) is 16.1. The first kappa shape index (κ1) is 13.2. The lowest BCUT2D eigenvalue weighted by atomic mass is 9.58. The zero-order valence-electron chi connectivity index (χ0n) is 14.0. The van der Waals surface area contributed by atoms with Gasteiger partial charge in [-0.05, 0) is 50.4 Å². The summed E-state index contributed by atoms with van der Waals surface area (Å²) in [4.78, 5) is 25.5. The fraction of sp³-hybridized carbons (Fsp3) is 0.789. The minimum absolute atomic E-state index is 0.0585. The number of hydrogen-bond donors (Lipinski definition) is 0. The molecule has 0 spiro atoms. The van der Waals surface area contributed by atoms with Crippen LogP contribution < -0.4 is 0 Å². The van der Waals surface area contributed by atoms with E-state index >= 15 is 0 Å². The van der Waals surface area contributed by atoms with Crippen LogP contribution in [0.3, 0.4) is 0 Å². The fourth-order valence-electron chi connectivity index (χ4n) is 8.31. The number of hydrogen-bond acceptors (Lipinski definition) is 4. The maximum Gasteiger partial charge on any atom is 0.336 e. The molecule has 0 aromatic carbocycles. The molecule has 6 rings (SSSR count). The summed E-state index contributed by atoms with van der Waals surface area (Å²) in [7, 11) is 0. The van der Waals surface area contributed by atoms with Crippen molar-refractivity contribution < 1.29 is 19.1 Å². The smallest absolute Gasteiger partial charge is 0.336 e. The van der Waals surface area contributed by atoms with Gasteiger partial charge in [0.2, 0.25) is 0 Å². The highest BCUT2D eigenvalue weighted by Crippen LogP contribution is 2.88. The molecule has 4 nitrogen and oxygen atoms in total. The summed E-state index contributed by atoms with van der Waals surface area (Å²) in [5.74, 6) is 2.19. The van der Waals surface area contributed by atoms with Gasteiger partial charge in [-0.3, -0.25) is 4.79 Å². The summed E-state index contributed by atoms with van der Waals surface area (Å²) >= 11 is 0. The van der Waals surface area contributed by atoms with Crippen LogP contribution in [0.25, 0.3) is 0 Å². The van der Waals surface area contributed by atoms with Gasteiger partial charge in [-0.15, -0.1) is 0 Å². The minimum atomic E-state index is -0.502. The highest BCUT2D eigenvalue weighted by atomic mass is 16.6. The number of carbonyl (C=O) groups excluding carboxylic acids is 2. The van der Waals surface area contributed by atoms with Crippen molar-refractivity contribution in [2.75, 3.05) is 0 Å². The van der Waals surface area contributed by atoms with E-state index in [2.05, 4.69) is 20.8 Å². The third-order valence-corrected chi connectivity index (χ3v) is 8.89. The van der Waals surface area contributed by atoms with Crippen molar-refractivity contribution in [2.24, 2.45) is 40.4 Å².